The normalized spacial score (nSPS) is 26.0. The Morgan fingerprint density at radius 2 is 1.84 bits per heavy atom. The Morgan fingerprint density at radius 1 is 1.20 bits per heavy atom. The molecule has 2 unspecified atom stereocenters. The molecule has 0 aliphatic carbocycles. The van der Waals surface area contributed by atoms with Crippen LogP contribution in [0.4, 0.5) is 11.4 Å². The molecule has 0 saturated carbocycles. The van der Waals surface area contributed by atoms with Gasteiger partial charge >= 0.3 is 0 Å². The maximum atomic E-state index is 11.4. The van der Waals surface area contributed by atoms with E-state index in [1.807, 2.05) is 19.1 Å². The number of anilines is 1. The van der Waals surface area contributed by atoms with Crippen molar-refractivity contribution in [2.45, 2.75) is 45.8 Å². The highest BCUT2D eigenvalue weighted by atomic mass is 16.6. The number of ether oxygens (including phenoxy) is 1. The molecule has 2 saturated heterocycles. The fourth-order valence-corrected chi connectivity index (χ4v) is 4.20. The number of nitro benzene ring substituents is 1. The molecule has 0 amide bonds. The van der Waals surface area contributed by atoms with Gasteiger partial charge in [0.1, 0.15) is 5.69 Å². The lowest BCUT2D eigenvalue weighted by Gasteiger charge is -2.39. The van der Waals surface area contributed by atoms with Gasteiger partial charge in [0, 0.05) is 38.8 Å². The minimum Gasteiger partial charge on any atom is -0.373 e. The van der Waals surface area contributed by atoms with Crippen LogP contribution in [0.15, 0.2) is 18.2 Å². The van der Waals surface area contributed by atoms with Gasteiger partial charge in [-0.1, -0.05) is 6.07 Å². The molecule has 6 heteroatoms. The predicted octanol–water partition coefficient (Wildman–Crippen LogP) is 3.23. The first kappa shape index (κ1) is 18.1. The van der Waals surface area contributed by atoms with Gasteiger partial charge in [-0.2, -0.15) is 0 Å². The van der Waals surface area contributed by atoms with Crippen LogP contribution in [0.3, 0.4) is 0 Å². The van der Waals surface area contributed by atoms with E-state index in [0.29, 0.717) is 18.1 Å². The minimum atomic E-state index is -0.259. The molecule has 0 bridgehead atoms. The number of rotatable bonds is 4. The first-order chi connectivity index (χ1) is 11.9. The number of nitro groups is 1. The Balaban J connectivity index is 1.58. The molecule has 2 heterocycles. The quantitative estimate of drug-likeness (QED) is 0.618. The van der Waals surface area contributed by atoms with Crippen molar-refractivity contribution in [3.8, 4) is 0 Å². The minimum absolute atomic E-state index is 0.231. The van der Waals surface area contributed by atoms with Crippen LogP contribution in [0, 0.1) is 23.0 Å². The van der Waals surface area contributed by atoms with Gasteiger partial charge in [0.2, 0.25) is 0 Å². The van der Waals surface area contributed by atoms with Gasteiger partial charge in [-0.05, 0) is 51.2 Å². The van der Waals surface area contributed by atoms with Crippen molar-refractivity contribution in [2.75, 3.05) is 37.6 Å². The lowest BCUT2D eigenvalue weighted by atomic mass is 9.95. The molecule has 2 aliphatic rings. The Kier molecular flexibility index (Phi) is 5.59. The molecule has 3 rings (SSSR count). The van der Waals surface area contributed by atoms with Crippen molar-refractivity contribution < 1.29 is 9.66 Å². The highest BCUT2D eigenvalue weighted by Gasteiger charge is 2.28. The summed E-state index contributed by atoms with van der Waals surface area (Å²) in [6.45, 7) is 11.1. The maximum absolute atomic E-state index is 11.4. The highest BCUT2D eigenvalue weighted by Crippen LogP contribution is 2.32. The lowest BCUT2D eigenvalue weighted by molar-refractivity contribution is -0.384. The zero-order chi connectivity index (χ0) is 18.0. The SMILES string of the molecule is Cc1ccc(N2CCC(CN3CC(C)OC(C)C3)CC2)c([N+](=O)[O-])c1. The predicted molar refractivity (Wildman–Crippen MR) is 99.2 cm³/mol. The average Bonchev–Trinajstić information content (AvgIpc) is 2.54. The number of morpholine rings is 1. The van der Waals surface area contributed by atoms with Gasteiger partial charge in [0.25, 0.3) is 5.69 Å². The molecule has 1 aromatic carbocycles. The summed E-state index contributed by atoms with van der Waals surface area (Å²) >= 11 is 0. The van der Waals surface area contributed by atoms with E-state index in [0.717, 1.165) is 56.8 Å². The van der Waals surface area contributed by atoms with Gasteiger partial charge in [-0.15, -0.1) is 0 Å². The number of hydrogen-bond donors (Lipinski definition) is 0. The Labute approximate surface area is 149 Å². The topological polar surface area (TPSA) is 58.8 Å². The number of hydrogen-bond acceptors (Lipinski definition) is 5. The summed E-state index contributed by atoms with van der Waals surface area (Å²) in [7, 11) is 0. The first-order valence-corrected chi connectivity index (χ1v) is 9.30. The monoisotopic (exact) mass is 347 g/mol. The van der Waals surface area contributed by atoms with Gasteiger partial charge in [0.15, 0.2) is 0 Å². The molecule has 0 N–H and O–H groups in total. The molecular weight excluding hydrogens is 318 g/mol. The van der Waals surface area contributed by atoms with Crippen LogP contribution in [0.1, 0.15) is 32.3 Å². The zero-order valence-corrected chi connectivity index (χ0v) is 15.5. The van der Waals surface area contributed by atoms with E-state index < -0.39 is 0 Å². The summed E-state index contributed by atoms with van der Waals surface area (Å²) in [6, 6.07) is 5.54. The summed E-state index contributed by atoms with van der Waals surface area (Å²) in [4.78, 5) is 15.8. The molecule has 0 spiro atoms. The van der Waals surface area contributed by atoms with Gasteiger partial charge in [-0.25, -0.2) is 0 Å². The van der Waals surface area contributed by atoms with Crippen molar-refractivity contribution in [1.29, 1.82) is 0 Å². The third-order valence-electron chi connectivity index (χ3n) is 5.29. The van der Waals surface area contributed by atoms with Crippen LogP contribution in [-0.2, 0) is 4.74 Å². The van der Waals surface area contributed by atoms with Crippen LogP contribution >= 0.6 is 0 Å². The zero-order valence-electron chi connectivity index (χ0n) is 15.5. The Morgan fingerprint density at radius 3 is 2.44 bits per heavy atom. The Bertz CT molecular complexity index is 604. The third kappa shape index (κ3) is 4.50. The number of nitrogens with zero attached hydrogens (tertiary/aromatic N) is 3. The molecule has 2 aliphatic heterocycles. The third-order valence-corrected chi connectivity index (χ3v) is 5.29. The summed E-state index contributed by atoms with van der Waals surface area (Å²) in [5.41, 5.74) is 1.93. The van der Waals surface area contributed by atoms with Gasteiger partial charge < -0.3 is 9.64 Å². The van der Waals surface area contributed by atoms with Crippen LogP contribution in [0.25, 0.3) is 0 Å². The van der Waals surface area contributed by atoms with E-state index in [-0.39, 0.29) is 10.6 Å². The molecule has 0 aromatic heterocycles. The second-order valence-corrected chi connectivity index (χ2v) is 7.66. The van der Waals surface area contributed by atoms with E-state index >= 15 is 0 Å². The van der Waals surface area contributed by atoms with Crippen molar-refractivity contribution in [2.24, 2.45) is 5.92 Å². The molecular formula is C19H29N3O3. The van der Waals surface area contributed by atoms with Crippen molar-refractivity contribution in [3.63, 3.8) is 0 Å². The van der Waals surface area contributed by atoms with Crippen LogP contribution < -0.4 is 4.90 Å². The second kappa shape index (κ2) is 7.70. The standard InChI is InChI=1S/C19H29N3O3/c1-14-4-5-18(19(10-14)22(23)24)21-8-6-17(7-9-21)13-20-11-15(2)25-16(3)12-20/h4-5,10,15-17H,6-9,11-13H2,1-3H3. The summed E-state index contributed by atoms with van der Waals surface area (Å²) in [6.07, 6.45) is 2.79. The Hall–Kier alpha value is -1.66. The first-order valence-electron chi connectivity index (χ1n) is 9.30. The average molecular weight is 347 g/mol. The summed E-state index contributed by atoms with van der Waals surface area (Å²) in [5, 5.41) is 11.4. The number of piperidine rings is 1. The van der Waals surface area contributed by atoms with Gasteiger partial charge in [-0.3, -0.25) is 15.0 Å². The van der Waals surface area contributed by atoms with Gasteiger partial charge in [0.05, 0.1) is 17.1 Å². The van der Waals surface area contributed by atoms with E-state index in [1.54, 1.807) is 6.07 Å². The van der Waals surface area contributed by atoms with Crippen LogP contribution in [0.2, 0.25) is 0 Å². The van der Waals surface area contributed by atoms with Crippen molar-refractivity contribution in [1.82, 2.24) is 4.90 Å². The van der Waals surface area contributed by atoms with Crippen molar-refractivity contribution in [3.05, 3.63) is 33.9 Å². The molecule has 138 valence electrons. The molecule has 6 nitrogen and oxygen atoms in total. The van der Waals surface area contributed by atoms with E-state index in [4.69, 9.17) is 4.74 Å². The van der Waals surface area contributed by atoms with Crippen LogP contribution in [-0.4, -0.2) is 54.8 Å². The van der Waals surface area contributed by atoms with E-state index in [1.165, 1.54) is 0 Å². The van der Waals surface area contributed by atoms with E-state index in [9.17, 15) is 10.1 Å². The second-order valence-electron chi connectivity index (χ2n) is 7.66. The smallest absolute Gasteiger partial charge is 0.292 e. The number of benzene rings is 1. The van der Waals surface area contributed by atoms with Crippen LogP contribution in [0.5, 0.6) is 0 Å². The lowest BCUT2D eigenvalue weighted by Crippen LogP contribution is -2.48. The molecule has 1 aromatic rings. The molecule has 2 atom stereocenters. The fraction of sp³-hybridized carbons (Fsp3) is 0.684. The molecule has 2 fully saturated rings. The maximum Gasteiger partial charge on any atom is 0.292 e. The number of aryl methyl sites for hydroxylation is 1. The summed E-state index contributed by atoms with van der Waals surface area (Å²) < 4.78 is 5.81. The highest BCUT2D eigenvalue weighted by molar-refractivity contribution is 5.64. The molecule has 25 heavy (non-hydrogen) atoms. The summed E-state index contributed by atoms with van der Waals surface area (Å²) in [5.74, 6) is 0.665. The van der Waals surface area contributed by atoms with E-state index in [2.05, 4.69) is 23.6 Å². The fourth-order valence-electron chi connectivity index (χ4n) is 4.20. The molecule has 0 radical (unpaired) electrons. The largest absolute Gasteiger partial charge is 0.373 e. The van der Waals surface area contributed by atoms with Crippen molar-refractivity contribution >= 4 is 11.4 Å².